The smallest absolute Gasteiger partial charge is 0.205 e. The molecule has 1 atom stereocenters. The quantitative estimate of drug-likeness (QED) is 0.622. The summed E-state index contributed by atoms with van der Waals surface area (Å²) in [5.41, 5.74) is 5.10. The summed E-state index contributed by atoms with van der Waals surface area (Å²) in [6.45, 7) is 3.92. The minimum absolute atomic E-state index is 0.514. The van der Waals surface area contributed by atoms with Gasteiger partial charge in [0.25, 0.3) is 0 Å². The Balaban J connectivity index is 2.08. The number of aliphatic hydroxyl groups is 1. The van der Waals surface area contributed by atoms with Gasteiger partial charge in [-0.3, -0.25) is 4.57 Å². The van der Waals surface area contributed by atoms with E-state index in [-0.39, 0.29) is 0 Å². The Bertz CT molecular complexity index is 1030. The molecule has 1 unspecified atom stereocenters. The monoisotopic (exact) mass is 415 g/mol. The molecule has 1 aromatic heterocycles. The van der Waals surface area contributed by atoms with E-state index in [4.69, 9.17) is 11.6 Å². The van der Waals surface area contributed by atoms with E-state index in [0.717, 1.165) is 32.7 Å². The first-order valence-corrected chi connectivity index (χ1v) is 9.01. The zero-order valence-corrected chi connectivity index (χ0v) is 16.0. The molecule has 1 aliphatic heterocycles. The molecule has 126 valence electrons. The SMILES string of the molecule is Cc1nc2n(c1C)-c1ccc(Br)cc1C(c1ccccc1Cl)=NC2O. The highest BCUT2D eigenvalue weighted by Gasteiger charge is 2.27. The van der Waals surface area contributed by atoms with Crippen LogP contribution in [0.5, 0.6) is 0 Å². The van der Waals surface area contributed by atoms with Crippen LogP contribution in [0.1, 0.15) is 34.6 Å². The molecule has 2 aromatic carbocycles. The molecule has 0 fully saturated rings. The fraction of sp³-hybridized carbons (Fsp3) is 0.158. The summed E-state index contributed by atoms with van der Waals surface area (Å²) in [6.07, 6.45) is -1.06. The van der Waals surface area contributed by atoms with Crippen molar-refractivity contribution in [1.82, 2.24) is 9.55 Å². The molecule has 0 spiro atoms. The van der Waals surface area contributed by atoms with Gasteiger partial charge in [0.1, 0.15) is 0 Å². The van der Waals surface area contributed by atoms with Crippen molar-refractivity contribution in [3.63, 3.8) is 0 Å². The Kier molecular flexibility index (Phi) is 4.02. The number of aromatic nitrogens is 2. The summed E-state index contributed by atoms with van der Waals surface area (Å²) >= 11 is 9.95. The first-order valence-electron chi connectivity index (χ1n) is 7.84. The standard InChI is InChI=1S/C19H15BrClN3O/c1-10-11(2)24-16-8-7-12(20)9-14(16)17(23-19(25)18(24)22-10)13-5-3-4-6-15(13)21/h3-9,19,25H,1-2H3. The molecular formula is C19H15BrClN3O. The maximum absolute atomic E-state index is 10.7. The normalized spacial score (nSPS) is 16.0. The lowest BCUT2D eigenvalue weighted by Crippen LogP contribution is -2.08. The molecule has 4 rings (SSSR count). The summed E-state index contributed by atoms with van der Waals surface area (Å²) < 4.78 is 2.90. The van der Waals surface area contributed by atoms with Crippen LogP contribution in [-0.4, -0.2) is 20.4 Å². The van der Waals surface area contributed by atoms with Crippen LogP contribution in [0.3, 0.4) is 0 Å². The molecule has 0 bridgehead atoms. The van der Waals surface area contributed by atoms with Crippen molar-refractivity contribution >= 4 is 33.2 Å². The molecule has 0 aliphatic carbocycles. The molecule has 2 heterocycles. The van der Waals surface area contributed by atoms with Gasteiger partial charge in [-0.2, -0.15) is 0 Å². The predicted molar refractivity (Wildman–Crippen MR) is 103 cm³/mol. The van der Waals surface area contributed by atoms with Crippen molar-refractivity contribution in [3.8, 4) is 5.69 Å². The Morgan fingerprint density at radius 1 is 1.12 bits per heavy atom. The summed E-state index contributed by atoms with van der Waals surface area (Å²) in [5.74, 6) is 0.514. The summed E-state index contributed by atoms with van der Waals surface area (Å²) in [5, 5.41) is 11.3. The van der Waals surface area contributed by atoms with Crippen molar-refractivity contribution in [2.24, 2.45) is 4.99 Å². The molecule has 4 nitrogen and oxygen atoms in total. The van der Waals surface area contributed by atoms with Crippen molar-refractivity contribution in [1.29, 1.82) is 0 Å². The van der Waals surface area contributed by atoms with Crippen molar-refractivity contribution in [2.45, 2.75) is 20.1 Å². The van der Waals surface area contributed by atoms with Crippen molar-refractivity contribution in [3.05, 3.63) is 80.3 Å². The van der Waals surface area contributed by atoms with Gasteiger partial charge in [0, 0.05) is 26.3 Å². The molecule has 0 radical (unpaired) electrons. The van der Waals surface area contributed by atoms with Gasteiger partial charge in [0.15, 0.2) is 5.82 Å². The van der Waals surface area contributed by atoms with Gasteiger partial charge in [-0.05, 0) is 38.1 Å². The van der Waals surface area contributed by atoms with Gasteiger partial charge in [-0.15, -0.1) is 0 Å². The van der Waals surface area contributed by atoms with E-state index < -0.39 is 6.23 Å². The number of aliphatic hydroxyl groups excluding tert-OH is 1. The number of imidazole rings is 1. The predicted octanol–water partition coefficient (Wildman–Crippen LogP) is 4.75. The highest BCUT2D eigenvalue weighted by Crippen LogP contribution is 2.34. The van der Waals surface area contributed by atoms with E-state index in [1.54, 1.807) is 0 Å². The third-order valence-corrected chi connectivity index (χ3v) is 5.26. The van der Waals surface area contributed by atoms with Crippen LogP contribution >= 0.6 is 27.5 Å². The third kappa shape index (κ3) is 2.63. The van der Waals surface area contributed by atoms with Gasteiger partial charge >= 0.3 is 0 Å². The van der Waals surface area contributed by atoms with Crippen LogP contribution in [0.15, 0.2) is 51.9 Å². The number of halogens is 2. The molecule has 25 heavy (non-hydrogen) atoms. The number of rotatable bonds is 1. The zero-order valence-electron chi connectivity index (χ0n) is 13.7. The van der Waals surface area contributed by atoms with Crippen LogP contribution in [0.25, 0.3) is 5.69 Å². The molecule has 0 saturated carbocycles. The molecule has 6 heteroatoms. The average Bonchev–Trinajstić information content (AvgIpc) is 2.82. The highest BCUT2D eigenvalue weighted by atomic mass is 79.9. The molecule has 1 aliphatic rings. The fourth-order valence-corrected chi connectivity index (χ4v) is 3.71. The number of aryl methyl sites for hydroxylation is 1. The molecule has 3 aromatic rings. The maximum atomic E-state index is 10.7. The van der Waals surface area contributed by atoms with Gasteiger partial charge in [0.2, 0.25) is 6.23 Å². The van der Waals surface area contributed by atoms with E-state index in [2.05, 4.69) is 25.9 Å². The van der Waals surface area contributed by atoms with E-state index in [1.807, 2.05) is 60.9 Å². The van der Waals surface area contributed by atoms with E-state index in [1.165, 1.54) is 0 Å². The van der Waals surface area contributed by atoms with E-state index in [0.29, 0.717) is 16.6 Å². The number of nitrogens with zero attached hydrogens (tertiary/aromatic N) is 3. The average molecular weight is 417 g/mol. The minimum atomic E-state index is -1.06. The van der Waals surface area contributed by atoms with Crippen LogP contribution in [0, 0.1) is 13.8 Å². The highest BCUT2D eigenvalue weighted by molar-refractivity contribution is 9.10. The lowest BCUT2D eigenvalue weighted by molar-refractivity contribution is 0.177. The van der Waals surface area contributed by atoms with Gasteiger partial charge in [0.05, 0.1) is 17.1 Å². The van der Waals surface area contributed by atoms with E-state index >= 15 is 0 Å². The maximum Gasteiger partial charge on any atom is 0.205 e. The van der Waals surface area contributed by atoms with Gasteiger partial charge in [-0.25, -0.2) is 9.98 Å². The fourth-order valence-electron chi connectivity index (χ4n) is 3.12. The first-order chi connectivity index (χ1) is 12.0. The zero-order chi connectivity index (χ0) is 17.7. The number of hydrogen-bond acceptors (Lipinski definition) is 3. The van der Waals surface area contributed by atoms with Gasteiger partial charge < -0.3 is 5.11 Å². The summed E-state index contributed by atoms with van der Waals surface area (Å²) in [6, 6.07) is 13.5. The van der Waals surface area contributed by atoms with Gasteiger partial charge in [-0.1, -0.05) is 45.7 Å². The molecule has 0 amide bonds. The van der Waals surface area contributed by atoms with Crippen LogP contribution in [-0.2, 0) is 0 Å². The molecule has 1 N–H and O–H groups in total. The summed E-state index contributed by atoms with van der Waals surface area (Å²) in [4.78, 5) is 9.09. The van der Waals surface area contributed by atoms with Crippen LogP contribution in [0.2, 0.25) is 5.02 Å². The van der Waals surface area contributed by atoms with Crippen LogP contribution in [0.4, 0.5) is 0 Å². The Hall–Kier alpha value is -1.95. The molecular weight excluding hydrogens is 402 g/mol. The second-order valence-electron chi connectivity index (χ2n) is 5.97. The van der Waals surface area contributed by atoms with Crippen molar-refractivity contribution in [2.75, 3.05) is 0 Å². The van der Waals surface area contributed by atoms with Crippen LogP contribution < -0.4 is 0 Å². The lowest BCUT2D eigenvalue weighted by atomic mass is 10.0. The summed E-state index contributed by atoms with van der Waals surface area (Å²) in [7, 11) is 0. The van der Waals surface area contributed by atoms with E-state index in [9.17, 15) is 5.11 Å². The Morgan fingerprint density at radius 2 is 1.88 bits per heavy atom. The van der Waals surface area contributed by atoms with Crippen molar-refractivity contribution < 1.29 is 5.11 Å². The number of hydrogen-bond donors (Lipinski definition) is 1. The minimum Gasteiger partial charge on any atom is -0.365 e. The number of aliphatic imine (C=N–C) groups is 1. The largest absolute Gasteiger partial charge is 0.365 e. The number of benzene rings is 2. The Labute approximate surface area is 158 Å². The second kappa shape index (κ2) is 6.09. The third-order valence-electron chi connectivity index (χ3n) is 4.44. The topological polar surface area (TPSA) is 50.4 Å². The lowest BCUT2D eigenvalue weighted by Gasteiger charge is -2.14. The number of fused-ring (bicyclic) bond motifs is 3. The molecule has 0 saturated heterocycles. The first kappa shape index (κ1) is 16.5. The second-order valence-corrected chi connectivity index (χ2v) is 7.29. The Morgan fingerprint density at radius 3 is 2.64 bits per heavy atom.